The highest BCUT2D eigenvalue weighted by atomic mass is 16.5. The molecule has 0 fully saturated rings. The first-order chi connectivity index (χ1) is 5.72. The van der Waals surface area contributed by atoms with Crippen molar-refractivity contribution in [1.29, 1.82) is 0 Å². The maximum atomic E-state index is 9.07. The van der Waals surface area contributed by atoms with Crippen LogP contribution in [0.4, 0.5) is 0 Å². The van der Waals surface area contributed by atoms with Crippen molar-refractivity contribution in [2.45, 2.75) is 20.0 Å². The molecule has 0 radical (unpaired) electrons. The summed E-state index contributed by atoms with van der Waals surface area (Å²) in [6.07, 6.45) is 0.883. The van der Waals surface area contributed by atoms with Crippen molar-refractivity contribution in [2.75, 3.05) is 7.11 Å². The van der Waals surface area contributed by atoms with E-state index >= 15 is 0 Å². The van der Waals surface area contributed by atoms with E-state index < -0.39 is 6.10 Å². The summed E-state index contributed by atoms with van der Waals surface area (Å²) < 4.78 is 4.85. The normalized spacial score (nSPS) is 11.8. The molecule has 0 aliphatic carbocycles. The van der Waals surface area contributed by atoms with Crippen LogP contribution in [-0.4, -0.2) is 18.3 Å². The molecule has 64 valence electrons. The van der Waals surface area contributed by atoms with Crippen molar-refractivity contribution in [3.8, 4) is 23.7 Å². The second-order valence-electron chi connectivity index (χ2n) is 2.07. The number of aliphatic hydroxyl groups excluding tert-OH is 1. The molecule has 0 spiro atoms. The van der Waals surface area contributed by atoms with E-state index in [1.54, 1.807) is 13.8 Å². The minimum atomic E-state index is -0.626. The van der Waals surface area contributed by atoms with Crippen molar-refractivity contribution >= 4 is 0 Å². The van der Waals surface area contributed by atoms with Crippen molar-refractivity contribution in [2.24, 2.45) is 0 Å². The first-order valence-electron chi connectivity index (χ1n) is 3.56. The van der Waals surface area contributed by atoms with Crippen LogP contribution in [0.15, 0.2) is 11.8 Å². The first kappa shape index (κ1) is 10.6. The summed E-state index contributed by atoms with van der Waals surface area (Å²) in [4.78, 5) is 0. The van der Waals surface area contributed by atoms with Gasteiger partial charge >= 0.3 is 0 Å². The molecule has 12 heavy (non-hydrogen) atoms. The Balaban J connectivity index is 4.30. The number of rotatable bonds is 2. The standard InChI is InChI=1S/C10H12O2/c1-4-5-6-7-8-10(12-3)9(2)11/h8-9,11H,1-3H3/b10-8-. The number of hydrogen-bond donors (Lipinski definition) is 1. The summed E-state index contributed by atoms with van der Waals surface area (Å²) in [5, 5.41) is 9.07. The number of aliphatic hydroxyl groups is 1. The SMILES string of the molecule is CC#CC#C/C=C(\OC)C(C)O. The lowest BCUT2D eigenvalue weighted by Gasteiger charge is -2.05. The fourth-order valence-corrected chi connectivity index (χ4v) is 0.556. The van der Waals surface area contributed by atoms with Gasteiger partial charge in [-0.2, -0.15) is 0 Å². The molecule has 0 rings (SSSR count). The minimum absolute atomic E-state index is 0.445. The molecule has 0 aliphatic heterocycles. The number of allylic oxidation sites excluding steroid dienone is 1. The molecule has 1 unspecified atom stereocenters. The molecule has 1 N–H and O–H groups in total. The highest BCUT2D eigenvalue weighted by Gasteiger charge is 2.01. The zero-order valence-electron chi connectivity index (χ0n) is 7.51. The molecule has 0 aromatic rings. The van der Waals surface area contributed by atoms with Gasteiger partial charge in [0.05, 0.1) is 7.11 Å². The molecule has 0 aromatic carbocycles. The summed E-state index contributed by atoms with van der Waals surface area (Å²) in [5.74, 6) is 10.9. The van der Waals surface area contributed by atoms with E-state index in [-0.39, 0.29) is 0 Å². The van der Waals surface area contributed by atoms with Crippen LogP contribution in [0.2, 0.25) is 0 Å². The smallest absolute Gasteiger partial charge is 0.132 e. The lowest BCUT2D eigenvalue weighted by molar-refractivity contribution is 0.142. The summed E-state index contributed by atoms with van der Waals surface area (Å²) in [5.41, 5.74) is 0. The zero-order valence-corrected chi connectivity index (χ0v) is 7.51. The van der Waals surface area contributed by atoms with E-state index in [1.807, 2.05) is 0 Å². The van der Waals surface area contributed by atoms with Crippen LogP contribution >= 0.6 is 0 Å². The highest BCUT2D eigenvalue weighted by Crippen LogP contribution is 2.00. The number of hydrogen-bond acceptors (Lipinski definition) is 2. The van der Waals surface area contributed by atoms with E-state index in [9.17, 15) is 0 Å². The van der Waals surface area contributed by atoms with Gasteiger partial charge in [-0.3, -0.25) is 0 Å². The van der Waals surface area contributed by atoms with Gasteiger partial charge in [0.15, 0.2) is 0 Å². The molecule has 0 aromatic heterocycles. The molecule has 1 atom stereocenters. The van der Waals surface area contributed by atoms with E-state index in [1.165, 1.54) is 13.2 Å². The largest absolute Gasteiger partial charge is 0.498 e. The van der Waals surface area contributed by atoms with Crippen LogP contribution in [0.25, 0.3) is 0 Å². The third kappa shape index (κ3) is 4.44. The third-order valence-electron chi connectivity index (χ3n) is 1.12. The summed E-state index contributed by atoms with van der Waals surface area (Å²) in [6.45, 7) is 3.33. The van der Waals surface area contributed by atoms with Gasteiger partial charge in [-0.25, -0.2) is 0 Å². The Labute approximate surface area is 73.2 Å². The van der Waals surface area contributed by atoms with Crippen LogP contribution in [0.3, 0.4) is 0 Å². The van der Waals surface area contributed by atoms with E-state index in [2.05, 4.69) is 23.7 Å². The third-order valence-corrected chi connectivity index (χ3v) is 1.12. The molecule has 0 heterocycles. The lowest BCUT2D eigenvalue weighted by atomic mass is 10.3. The average molecular weight is 164 g/mol. The molecule has 0 saturated carbocycles. The van der Waals surface area contributed by atoms with Crippen LogP contribution in [0.1, 0.15) is 13.8 Å². The molecular formula is C10H12O2. The Bertz CT molecular complexity index is 266. The van der Waals surface area contributed by atoms with Gasteiger partial charge in [0, 0.05) is 6.08 Å². The molecule has 0 bridgehead atoms. The molecule has 0 aliphatic rings. The summed E-state index contributed by atoms with van der Waals surface area (Å²) in [7, 11) is 1.49. The second kappa shape index (κ2) is 6.34. The fourth-order valence-electron chi connectivity index (χ4n) is 0.556. The molecule has 2 heteroatoms. The van der Waals surface area contributed by atoms with Gasteiger partial charge < -0.3 is 9.84 Å². The van der Waals surface area contributed by atoms with E-state index in [0.29, 0.717) is 5.76 Å². The zero-order chi connectivity index (χ0) is 9.40. The molecule has 2 nitrogen and oxygen atoms in total. The second-order valence-corrected chi connectivity index (χ2v) is 2.07. The molecular weight excluding hydrogens is 152 g/mol. The van der Waals surface area contributed by atoms with Crippen LogP contribution in [-0.2, 0) is 4.74 Å². The van der Waals surface area contributed by atoms with E-state index in [4.69, 9.17) is 9.84 Å². The van der Waals surface area contributed by atoms with Crippen molar-refractivity contribution < 1.29 is 9.84 Å². The van der Waals surface area contributed by atoms with Gasteiger partial charge in [0.2, 0.25) is 0 Å². The summed E-state index contributed by atoms with van der Waals surface area (Å²) in [6, 6.07) is 0. The predicted molar refractivity (Wildman–Crippen MR) is 48.0 cm³/mol. The minimum Gasteiger partial charge on any atom is -0.498 e. The Morgan fingerprint density at radius 2 is 2.17 bits per heavy atom. The molecule has 0 saturated heterocycles. The monoisotopic (exact) mass is 164 g/mol. The maximum Gasteiger partial charge on any atom is 0.132 e. The quantitative estimate of drug-likeness (QED) is 0.486. The first-order valence-corrected chi connectivity index (χ1v) is 3.56. The number of ether oxygens (including phenoxy) is 1. The Kier molecular flexibility index (Phi) is 5.61. The Morgan fingerprint density at radius 1 is 1.50 bits per heavy atom. The van der Waals surface area contributed by atoms with Crippen LogP contribution in [0, 0.1) is 23.7 Å². The van der Waals surface area contributed by atoms with Gasteiger partial charge in [0.25, 0.3) is 0 Å². The summed E-state index contributed by atoms with van der Waals surface area (Å²) >= 11 is 0. The van der Waals surface area contributed by atoms with Gasteiger partial charge in [-0.05, 0) is 25.7 Å². The average Bonchev–Trinajstić information content (AvgIpc) is 2.04. The Hall–Kier alpha value is -1.38. The number of methoxy groups -OCH3 is 1. The molecule has 0 amide bonds. The van der Waals surface area contributed by atoms with Gasteiger partial charge in [0.1, 0.15) is 11.9 Å². The van der Waals surface area contributed by atoms with Gasteiger partial charge in [-0.15, -0.1) is 0 Å². The maximum absolute atomic E-state index is 9.07. The van der Waals surface area contributed by atoms with Crippen LogP contribution < -0.4 is 0 Å². The van der Waals surface area contributed by atoms with Crippen LogP contribution in [0.5, 0.6) is 0 Å². The van der Waals surface area contributed by atoms with E-state index in [0.717, 1.165) is 0 Å². The lowest BCUT2D eigenvalue weighted by Crippen LogP contribution is -2.05. The van der Waals surface area contributed by atoms with Crippen molar-refractivity contribution in [1.82, 2.24) is 0 Å². The van der Waals surface area contributed by atoms with Crippen molar-refractivity contribution in [3.05, 3.63) is 11.8 Å². The topological polar surface area (TPSA) is 29.5 Å². The predicted octanol–water partition coefficient (Wildman–Crippen LogP) is 0.924. The van der Waals surface area contributed by atoms with Gasteiger partial charge in [-0.1, -0.05) is 11.8 Å². The fraction of sp³-hybridized carbons (Fsp3) is 0.400. The Morgan fingerprint density at radius 3 is 2.58 bits per heavy atom. The highest BCUT2D eigenvalue weighted by molar-refractivity contribution is 5.31. The van der Waals surface area contributed by atoms with Crippen molar-refractivity contribution in [3.63, 3.8) is 0 Å².